The number of hydrogen-bond acceptors (Lipinski definition) is 6. The fraction of sp³-hybridized carbons (Fsp3) is 0.227. The molecule has 6 heteroatoms. The lowest BCUT2D eigenvalue weighted by molar-refractivity contribution is 0.324. The lowest BCUT2D eigenvalue weighted by Gasteiger charge is -2.16. The zero-order chi connectivity index (χ0) is 20.3. The van der Waals surface area contributed by atoms with Gasteiger partial charge in [-0.1, -0.05) is 12.1 Å². The molecule has 6 nitrogen and oxygen atoms in total. The molecule has 3 rings (SSSR count). The molecule has 28 heavy (non-hydrogen) atoms. The molecule has 2 N–H and O–H groups in total. The van der Waals surface area contributed by atoms with Gasteiger partial charge in [-0.25, -0.2) is 4.98 Å². The zero-order valence-corrected chi connectivity index (χ0v) is 16.8. The number of nitrogens with zero attached hydrogens (tertiary/aromatic N) is 2. The van der Waals surface area contributed by atoms with Crippen molar-refractivity contribution >= 4 is 11.5 Å². The molecular weight excluding hydrogens is 354 g/mol. The van der Waals surface area contributed by atoms with E-state index in [1.165, 1.54) is 0 Å². The third-order valence-electron chi connectivity index (χ3n) is 4.59. The van der Waals surface area contributed by atoms with Crippen molar-refractivity contribution in [3.05, 3.63) is 48.7 Å². The van der Waals surface area contributed by atoms with E-state index in [-0.39, 0.29) is 0 Å². The smallest absolute Gasteiger partial charge is 0.203 e. The summed E-state index contributed by atoms with van der Waals surface area (Å²) in [7, 11) is 8.79. The molecule has 0 atom stereocenters. The molecule has 0 aliphatic rings. The molecular formula is C22H25N3O3. The van der Waals surface area contributed by atoms with Gasteiger partial charge in [-0.3, -0.25) is 0 Å². The number of pyridine rings is 1. The third kappa shape index (κ3) is 3.67. The summed E-state index contributed by atoms with van der Waals surface area (Å²) in [5.74, 6) is 2.10. The maximum atomic E-state index is 6.20. The Morgan fingerprint density at radius 2 is 1.50 bits per heavy atom. The molecule has 0 unspecified atom stereocenters. The molecule has 0 aliphatic carbocycles. The maximum absolute atomic E-state index is 6.20. The van der Waals surface area contributed by atoms with Crippen molar-refractivity contribution in [1.82, 2.24) is 4.98 Å². The molecule has 1 aromatic heterocycles. The molecule has 1 heterocycles. The average Bonchev–Trinajstić information content (AvgIpc) is 2.73. The Morgan fingerprint density at radius 1 is 0.821 bits per heavy atom. The lowest BCUT2D eigenvalue weighted by atomic mass is 10.00. The Balaban J connectivity index is 2.14. The predicted molar refractivity (Wildman–Crippen MR) is 114 cm³/mol. The summed E-state index contributed by atoms with van der Waals surface area (Å²) in [6.07, 6.45) is 1.78. The first-order valence-electron chi connectivity index (χ1n) is 8.82. The average molecular weight is 379 g/mol. The highest BCUT2D eigenvalue weighted by molar-refractivity contribution is 5.82. The molecule has 0 amide bonds. The van der Waals surface area contributed by atoms with Crippen molar-refractivity contribution in [2.45, 2.75) is 0 Å². The van der Waals surface area contributed by atoms with E-state index in [0.29, 0.717) is 23.1 Å². The fourth-order valence-corrected chi connectivity index (χ4v) is 3.06. The number of nitrogens with two attached hydrogens (primary N) is 1. The summed E-state index contributed by atoms with van der Waals surface area (Å²) in [4.78, 5) is 6.48. The second-order valence-electron chi connectivity index (χ2n) is 6.52. The summed E-state index contributed by atoms with van der Waals surface area (Å²) in [6, 6.07) is 14.0. The van der Waals surface area contributed by atoms with Gasteiger partial charge in [-0.2, -0.15) is 0 Å². The SMILES string of the molecule is COc1cc(-c2cc(-c3cccc(N(C)C)c3)cnc2N)cc(OC)c1OC. The van der Waals surface area contributed by atoms with E-state index in [9.17, 15) is 0 Å². The highest BCUT2D eigenvalue weighted by Gasteiger charge is 2.16. The van der Waals surface area contributed by atoms with Crippen LogP contribution < -0.4 is 24.8 Å². The van der Waals surface area contributed by atoms with E-state index in [2.05, 4.69) is 28.1 Å². The minimum absolute atomic E-state index is 0.432. The van der Waals surface area contributed by atoms with Crippen molar-refractivity contribution in [2.24, 2.45) is 0 Å². The molecule has 0 radical (unpaired) electrons. The maximum Gasteiger partial charge on any atom is 0.203 e. The van der Waals surface area contributed by atoms with Gasteiger partial charge in [0.25, 0.3) is 0 Å². The molecule has 3 aromatic rings. The first kappa shape index (κ1) is 19.4. The Morgan fingerprint density at radius 3 is 2.07 bits per heavy atom. The van der Waals surface area contributed by atoms with Crippen molar-refractivity contribution in [3.63, 3.8) is 0 Å². The zero-order valence-electron chi connectivity index (χ0n) is 16.8. The van der Waals surface area contributed by atoms with E-state index < -0.39 is 0 Å². The summed E-state index contributed by atoms with van der Waals surface area (Å²) >= 11 is 0. The van der Waals surface area contributed by atoms with Gasteiger partial charge in [0.2, 0.25) is 5.75 Å². The fourth-order valence-electron chi connectivity index (χ4n) is 3.06. The molecule has 146 valence electrons. The highest BCUT2D eigenvalue weighted by atomic mass is 16.5. The summed E-state index contributed by atoms with van der Waals surface area (Å²) in [5.41, 5.74) is 11.0. The van der Waals surface area contributed by atoms with Crippen LogP contribution in [0.15, 0.2) is 48.7 Å². The van der Waals surface area contributed by atoms with E-state index >= 15 is 0 Å². The first-order valence-corrected chi connectivity index (χ1v) is 8.82. The van der Waals surface area contributed by atoms with Crippen molar-refractivity contribution in [2.75, 3.05) is 46.1 Å². The van der Waals surface area contributed by atoms with Crippen molar-refractivity contribution < 1.29 is 14.2 Å². The van der Waals surface area contributed by atoms with Crippen LogP contribution in [0.2, 0.25) is 0 Å². The van der Waals surface area contributed by atoms with Gasteiger partial charge in [-0.05, 0) is 41.5 Å². The number of rotatable bonds is 6. The van der Waals surface area contributed by atoms with Gasteiger partial charge < -0.3 is 24.8 Å². The number of methoxy groups -OCH3 is 3. The molecule has 0 spiro atoms. The van der Waals surface area contributed by atoms with Gasteiger partial charge in [-0.15, -0.1) is 0 Å². The topological polar surface area (TPSA) is 69.8 Å². The standard InChI is InChI=1S/C22H25N3O3/c1-25(2)17-8-6-7-14(9-17)16-10-18(22(23)24-13-16)15-11-19(26-3)21(28-5)20(12-15)27-4/h6-13H,1-5H3,(H2,23,24). The quantitative estimate of drug-likeness (QED) is 0.696. The van der Waals surface area contributed by atoms with E-state index in [4.69, 9.17) is 19.9 Å². The minimum Gasteiger partial charge on any atom is -0.493 e. The highest BCUT2D eigenvalue weighted by Crippen LogP contribution is 2.42. The summed E-state index contributed by atoms with van der Waals surface area (Å²) < 4.78 is 16.3. The molecule has 2 aromatic carbocycles. The second-order valence-corrected chi connectivity index (χ2v) is 6.52. The molecule has 0 bridgehead atoms. The van der Waals surface area contributed by atoms with Gasteiger partial charge in [0.05, 0.1) is 21.3 Å². The van der Waals surface area contributed by atoms with Crippen molar-refractivity contribution in [3.8, 4) is 39.5 Å². The number of anilines is 2. The van der Waals surface area contributed by atoms with Crippen LogP contribution in [-0.4, -0.2) is 40.4 Å². The van der Waals surface area contributed by atoms with Crippen LogP contribution in [-0.2, 0) is 0 Å². The number of nitrogen functional groups attached to an aromatic ring is 1. The molecule has 0 fully saturated rings. The van der Waals surface area contributed by atoms with Crippen LogP contribution in [0.25, 0.3) is 22.3 Å². The van der Waals surface area contributed by atoms with Gasteiger partial charge in [0.1, 0.15) is 5.82 Å². The van der Waals surface area contributed by atoms with Crippen molar-refractivity contribution in [1.29, 1.82) is 0 Å². The number of ether oxygens (including phenoxy) is 3. The first-order chi connectivity index (χ1) is 13.5. The normalized spacial score (nSPS) is 10.5. The number of aromatic nitrogens is 1. The van der Waals surface area contributed by atoms with Gasteiger partial charge >= 0.3 is 0 Å². The second kappa shape index (κ2) is 8.08. The van der Waals surface area contributed by atoms with Gasteiger partial charge in [0.15, 0.2) is 11.5 Å². The van der Waals surface area contributed by atoms with Gasteiger partial charge in [0, 0.05) is 37.1 Å². The lowest BCUT2D eigenvalue weighted by Crippen LogP contribution is -2.08. The summed E-state index contributed by atoms with van der Waals surface area (Å²) in [5, 5.41) is 0. The molecule has 0 saturated heterocycles. The Hall–Kier alpha value is -3.41. The largest absolute Gasteiger partial charge is 0.493 e. The van der Waals surface area contributed by atoms with E-state index in [1.807, 2.05) is 38.4 Å². The van der Waals surface area contributed by atoms with Crippen LogP contribution >= 0.6 is 0 Å². The van der Waals surface area contributed by atoms with E-state index in [0.717, 1.165) is 27.9 Å². The monoisotopic (exact) mass is 379 g/mol. The minimum atomic E-state index is 0.432. The Labute approximate surface area is 165 Å². The van der Waals surface area contributed by atoms with Crippen LogP contribution in [0.4, 0.5) is 11.5 Å². The third-order valence-corrected chi connectivity index (χ3v) is 4.59. The molecule has 0 aliphatic heterocycles. The van der Waals surface area contributed by atoms with Crippen LogP contribution in [0, 0.1) is 0 Å². The van der Waals surface area contributed by atoms with Crippen LogP contribution in [0.1, 0.15) is 0 Å². The van der Waals surface area contributed by atoms with Crippen LogP contribution in [0.3, 0.4) is 0 Å². The predicted octanol–water partition coefficient (Wildman–Crippen LogP) is 4.09. The van der Waals surface area contributed by atoms with E-state index in [1.54, 1.807) is 27.5 Å². The number of hydrogen-bond donors (Lipinski definition) is 1. The Bertz CT molecular complexity index is 962. The molecule has 0 saturated carbocycles. The Kier molecular flexibility index (Phi) is 5.59. The summed E-state index contributed by atoms with van der Waals surface area (Å²) in [6.45, 7) is 0. The van der Waals surface area contributed by atoms with Crippen LogP contribution in [0.5, 0.6) is 17.2 Å². The number of benzene rings is 2.